The Hall–Kier alpha value is -3.69. The molecule has 0 saturated heterocycles. The van der Waals surface area contributed by atoms with Gasteiger partial charge in [0.25, 0.3) is 5.91 Å². The summed E-state index contributed by atoms with van der Waals surface area (Å²) in [5.41, 5.74) is 1.42. The predicted molar refractivity (Wildman–Crippen MR) is 95.8 cm³/mol. The molecule has 2 amide bonds. The molecule has 0 radical (unpaired) electrons. The quantitative estimate of drug-likeness (QED) is 0.527. The largest absolute Gasteiger partial charge is 0.495 e. The first-order valence-corrected chi connectivity index (χ1v) is 7.84. The van der Waals surface area contributed by atoms with Gasteiger partial charge in [-0.2, -0.15) is 0 Å². The van der Waals surface area contributed by atoms with E-state index in [0.717, 1.165) is 5.56 Å². The molecule has 2 N–H and O–H groups in total. The van der Waals surface area contributed by atoms with Crippen LogP contribution in [0, 0.1) is 17.0 Å². The third kappa shape index (κ3) is 5.66. The highest BCUT2D eigenvalue weighted by atomic mass is 16.6. The molecule has 2 rings (SSSR count). The number of ether oxygens (including phenoxy) is 2. The molecule has 1 aromatic heterocycles. The van der Waals surface area contributed by atoms with Crippen LogP contribution in [-0.2, 0) is 9.59 Å². The number of anilines is 1. The second kappa shape index (κ2) is 9.13. The Morgan fingerprint density at radius 1 is 1.22 bits per heavy atom. The number of nitrogens with one attached hydrogen (secondary N) is 2. The molecule has 27 heavy (non-hydrogen) atoms. The number of rotatable bonds is 8. The van der Waals surface area contributed by atoms with Crippen LogP contribution in [0.1, 0.15) is 5.56 Å². The van der Waals surface area contributed by atoms with Crippen LogP contribution < -0.4 is 20.1 Å². The summed E-state index contributed by atoms with van der Waals surface area (Å²) in [5.74, 6) is -1.20. The smallest absolute Gasteiger partial charge is 0.406 e. The van der Waals surface area contributed by atoms with Gasteiger partial charge in [-0.1, -0.05) is 6.07 Å². The van der Waals surface area contributed by atoms with Crippen molar-refractivity contribution >= 4 is 23.3 Å². The maximum absolute atomic E-state index is 12.0. The first-order chi connectivity index (χ1) is 12.9. The molecule has 2 aromatic rings. The van der Waals surface area contributed by atoms with Crippen LogP contribution in [0.5, 0.6) is 11.5 Å². The van der Waals surface area contributed by atoms with Crippen molar-refractivity contribution < 1.29 is 24.0 Å². The number of aromatic nitrogens is 1. The zero-order valence-electron chi connectivity index (χ0n) is 14.7. The number of amides is 2. The van der Waals surface area contributed by atoms with Crippen molar-refractivity contribution in [3.8, 4) is 11.5 Å². The van der Waals surface area contributed by atoms with Gasteiger partial charge in [-0.05, 0) is 46.7 Å². The standard InChI is InChI=1S/C17H18N4O6/c1-11-5-6-13(26-2)12(8-11)20-15(22)9-19-16(23)10-27-14-4-3-7-18-17(14)21(24)25/h3-8H,9-10H2,1-2H3,(H,19,23)(H,20,22). The Morgan fingerprint density at radius 2 is 2.00 bits per heavy atom. The molecule has 0 spiro atoms. The highest BCUT2D eigenvalue weighted by molar-refractivity contribution is 5.95. The fourth-order valence-electron chi connectivity index (χ4n) is 2.12. The van der Waals surface area contributed by atoms with Crippen LogP contribution in [0.4, 0.5) is 11.5 Å². The van der Waals surface area contributed by atoms with E-state index in [1.807, 2.05) is 13.0 Å². The average Bonchev–Trinajstić information content (AvgIpc) is 2.65. The monoisotopic (exact) mass is 374 g/mol. The number of carbonyl (C=O) groups excluding carboxylic acids is 2. The summed E-state index contributed by atoms with van der Waals surface area (Å²) in [7, 11) is 1.48. The van der Waals surface area contributed by atoms with Gasteiger partial charge in [0.2, 0.25) is 11.7 Å². The predicted octanol–water partition coefficient (Wildman–Crippen LogP) is 1.44. The summed E-state index contributed by atoms with van der Waals surface area (Å²) in [6, 6.07) is 8.07. The summed E-state index contributed by atoms with van der Waals surface area (Å²) in [6.45, 7) is 1.08. The van der Waals surface area contributed by atoms with Crippen molar-refractivity contribution in [3.05, 3.63) is 52.2 Å². The van der Waals surface area contributed by atoms with Gasteiger partial charge < -0.3 is 30.2 Å². The lowest BCUT2D eigenvalue weighted by Gasteiger charge is -2.11. The number of nitro groups is 1. The van der Waals surface area contributed by atoms with Crippen LogP contribution in [0.25, 0.3) is 0 Å². The molecule has 0 bridgehead atoms. The van der Waals surface area contributed by atoms with Gasteiger partial charge in [-0.3, -0.25) is 9.59 Å². The van der Waals surface area contributed by atoms with E-state index in [0.29, 0.717) is 11.4 Å². The first kappa shape index (κ1) is 19.6. The number of benzene rings is 1. The summed E-state index contributed by atoms with van der Waals surface area (Å²) < 4.78 is 10.3. The molecule has 10 nitrogen and oxygen atoms in total. The van der Waals surface area contributed by atoms with Gasteiger partial charge in [0, 0.05) is 0 Å². The van der Waals surface area contributed by atoms with E-state index in [9.17, 15) is 19.7 Å². The van der Waals surface area contributed by atoms with Crippen LogP contribution in [0.3, 0.4) is 0 Å². The minimum Gasteiger partial charge on any atom is -0.495 e. The molecule has 0 atom stereocenters. The second-order valence-corrected chi connectivity index (χ2v) is 5.40. The number of aryl methyl sites for hydroxylation is 1. The van der Waals surface area contributed by atoms with Crippen molar-refractivity contribution in [1.29, 1.82) is 0 Å². The van der Waals surface area contributed by atoms with Crippen molar-refractivity contribution in [2.24, 2.45) is 0 Å². The average molecular weight is 374 g/mol. The van der Waals surface area contributed by atoms with Crippen molar-refractivity contribution in [3.63, 3.8) is 0 Å². The lowest BCUT2D eigenvalue weighted by atomic mass is 10.2. The third-order valence-electron chi connectivity index (χ3n) is 3.36. The van der Waals surface area contributed by atoms with Crippen LogP contribution in [0.15, 0.2) is 36.5 Å². The lowest BCUT2D eigenvalue weighted by molar-refractivity contribution is -0.390. The lowest BCUT2D eigenvalue weighted by Crippen LogP contribution is -2.35. The molecule has 10 heteroatoms. The fraction of sp³-hybridized carbons (Fsp3) is 0.235. The van der Waals surface area contributed by atoms with Crippen molar-refractivity contribution in [1.82, 2.24) is 10.3 Å². The van der Waals surface area contributed by atoms with E-state index in [4.69, 9.17) is 9.47 Å². The molecule has 0 fully saturated rings. The normalized spacial score (nSPS) is 10.0. The summed E-state index contributed by atoms with van der Waals surface area (Å²) in [4.78, 5) is 37.5. The Morgan fingerprint density at radius 3 is 2.70 bits per heavy atom. The molecule has 0 aliphatic heterocycles. The maximum atomic E-state index is 12.0. The Labute approximate surface area is 154 Å². The maximum Gasteiger partial charge on any atom is 0.406 e. The zero-order valence-corrected chi connectivity index (χ0v) is 14.7. The van der Waals surface area contributed by atoms with Gasteiger partial charge in [0.05, 0.1) is 19.3 Å². The summed E-state index contributed by atoms with van der Waals surface area (Å²) in [5, 5.41) is 15.8. The number of pyridine rings is 1. The van der Waals surface area contributed by atoms with E-state index in [-0.39, 0.29) is 12.3 Å². The van der Waals surface area contributed by atoms with E-state index < -0.39 is 29.2 Å². The second-order valence-electron chi connectivity index (χ2n) is 5.40. The van der Waals surface area contributed by atoms with E-state index in [1.165, 1.54) is 25.4 Å². The molecule has 0 saturated carbocycles. The molecular weight excluding hydrogens is 356 g/mol. The zero-order chi connectivity index (χ0) is 19.8. The third-order valence-corrected chi connectivity index (χ3v) is 3.36. The fourth-order valence-corrected chi connectivity index (χ4v) is 2.12. The topological polar surface area (TPSA) is 133 Å². The van der Waals surface area contributed by atoms with Crippen LogP contribution in [0.2, 0.25) is 0 Å². The van der Waals surface area contributed by atoms with Crippen LogP contribution >= 0.6 is 0 Å². The number of hydrogen-bond acceptors (Lipinski definition) is 7. The summed E-state index contributed by atoms with van der Waals surface area (Å²) >= 11 is 0. The van der Waals surface area contributed by atoms with Crippen LogP contribution in [-0.4, -0.2) is 42.0 Å². The van der Waals surface area contributed by atoms with Crippen molar-refractivity contribution in [2.75, 3.05) is 25.6 Å². The molecule has 142 valence electrons. The Balaban J connectivity index is 1.85. The molecule has 0 aliphatic carbocycles. The number of methoxy groups -OCH3 is 1. The Bertz CT molecular complexity index is 855. The Kier molecular flexibility index (Phi) is 6.64. The highest BCUT2D eigenvalue weighted by Crippen LogP contribution is 2.25. The molecule has 0 aliphatic rings. The molecular formula is C17H18N4O6. The van der Waals surface area contributed by atoms with Gasteiger partial charge in [0.15, 0.2) is 6.61 Å². The van der Waals surface area contributed by atoms with Gasteiger partial charge >= 0.3 is 5.82 Å². The minimum absolute atomic E-state index is 0.133. The van der Waals surface area contributed by atoms with E-state index >= 15 is 0 Å². The number of nitrogens with zero attached hydrogens (tertiary/aromatic N) is 2. The first-order valence-electron chi connectivity index (χ1n) is 7.84. The number of hydrogen-bond donors (Lipinski definition) is 2. The van der Waals surface area contributed by atoms with Gasteiger partial charge in [-0.15, -0.1) is 0 Å². The van der Waals surface area contributed by atoms with Gasteiger partial charge in [0.1, 0.15) is 11.9 Å². The summed E-state index contributed by atoms with van der Waals surface area (Å²) in [6.07, 6.45) is 1.25. The molecule has 1 aromatic carbocycles. The molecule has 0 unspecified atom stereocenters. The number of carbonyl (C=O) groups is 2. The SMILES string of the molecule is COc1ccc(C)cc1NC(=O)CNC(=O)COc1cccnc1[N+](=O)[O-]. The molecule has 1 heterocycles. The minimum atomic E-state index is -0.712. The van der Waals surface area contributed by atoms with E-state index in [2.05, 4.69) is 15.6 Å². The van der Waals surface area contributed by atoms with Gasteiger partial charge in [-0.25, -0.2) is 0 Å². The van der Waals surface area contributed by atoms with Crippen molar-refractivity contribution in [2.45, 2.75) is 6.92 Å². The van der Waals surface area contributed by atoms with E-state index in [1.54, 1.807) is 12.1 Å². The highest BCUT2D eigenvalue weighted by Gasteiger charge is 2.17.